The third kappa shape index (κ3) is 51.0. The van der Waals surface area contributed by atoms with Gasteiger partial charge in [0.25, 0.3) is 0 Å². The van der Waals surface area contributed by atoms with Crippen molar-refractivity contribution in [1.82, 2.24) is 5.32 Å². The number of carbonyl (C=O) groups excluding carboxylic acids is 4. The van der Waals surface area contributed by atoms with Crippen LogP contribution < -0.4 is 5.32 Å². The second kappa shape index (κ2) is 52.0. The summed E-state index contributed by atoms with van der Waals surface area (Å²) in [5, 5.41) is 2.69. The van der Waals surface area contributed by atoms with Gasteiger partial charge in [-0.25, -0.2) is 4.79 Å². The SMILES string of the molecule is CCCCCC=CCC=CCCCCCCCC(=O)OCC(COC(=O)CCCCCCC/C=C\C/C=C\CCCCC)C(NC(=O)OC(C)(C)C)OC(=O)CCCCCCCC=CCC=CCCCCC. The summed E-state index contributed by atoms with van der Waals surface area (Å²) in [6, 6.07) is 0. The third-order valence-corrected chi connectivity index (χ3v) is 12.3. The van der Waals surface area contributed by atoms with E-state index in [9.17, 15) is 19.2 Å². The molecule has 0 heterocycles. The summed E-state index contributed by atoms with van der Waals surface area (Å²) < 4.78 is 22.9. The molecule has 9 nitrogen and oxygen atoms in total. The number of amides is 1. The maximum atomic E-state index is 13.3. The van der Waals surface area contributed by atoms with Crippen LogP contribution in [0, 0.1) is 5.92 Å². The second-order valence-electron chi connectivity index (χ2n) is 20.6. The number of rotatable bonds is 49. The fraction of sp³-hybridized carbons (Fsp3) is 0.746. The monoisotopic (exact) mass is 1010 g/mol. The van der Waals surface area contributed by atoms with Crippen LogP contribution in [0.2, 0.25) is 0 Å². The molecule has 0 bridgehead atoms. The lowest BCUT2D eigenvalue weighted by Crippen LogP contribution is -2.48. The van der Waals surface area contributed by atoms with Crippen molar-refractivity contribution in [3.63, 3.8) is 0 Å². The summed E-state index contributed by atoms with van der Waals surface area (Å²) in [4.78, 5) is 52.5. The van der Waals surface area contributed by atoms with Gasteiger partial charge < -0.3 is 18.9 Å². The van der Waals surface area contributed by atoms with E-state index in [2.05, 4.69) is 99.0 Å². The fourth-order valence-corrected chi connectivity index (χ4v) is 7.88. The topological polar surface area (TPSA) is 117 Å². The zero-order valence-electron chi connectivity index (χ0n) is 47.2. The highest BCUT2D eigenvalue weighted by Gasteiger charge is 2.31. The van der Waals surface area contributed by atoms with Crippen LogP contribution in [0.1, 0.15) is 273 Å². The maximum absolute atomic E-state index is 13.3. The number of ether oxygens (including phenoxy) is 4. The van der Waals surface area contributed by atoms with Crippen molar-refractivity contribution in [2.45, 2.75) is 285 Å². The van der Waals surface area contributed by atoms with Crippen molar-refractivity contribution >= 4 is 24.0 Å². The first kappa shape index (κ1) is 68.1. The summed E-state index contributed by atoms with van der Waals surface area (Å²) in [7, 11) is 0. The van der Waals surface area contributed by atoms with E-state index in [0.717, 1.165) is 122 Å². The van der Waals surface area contributed by atoms with Crippen LogP contribution in [0.15, 0.2) is 72.9 Å². The van der Waals surface area contributed by atoms with Gasteiger partial charge in [-0.2, -0.15) is 0 Å². The van der Waals surface area contributed by atoms with E-state index in [1.807, 2.05) is 0 Å². The Bertz CT molecular complexity index is 1410. The van der Waals surface area contributed by atoms with Gasteiger partial charge in [-0.05, 0) is 136 Å². The van der Waals surface area contributed by atoms with Crippen LogP contribution in [0.5, 0.6) is 0 Å². The number of unbranched alkanes of at least 4 members (excludes halogenated alkanes) is 24. The molecule has 0 aliphatic rings. The molecule has 72 heavy (non-hydrogen) atoms. The first-order chi connectivity index (χ1) is 35.0. The summed E-state index contributed by atoms with van der Waals surface area (Å²) in [5.41, 5.74) is -0.809. The van der Waals surface area contributed by atoms with Crippen molar-refractivity contribution in [1.29, 1.82) is 0 Å². The largest absolute Gasteiger partial charge is 0.465 e. The number of nitrogens with one attached hydrogen (secondary N) is 1. The molecule has 0 aromatic heterocycles. The van der Waals surface area contributed by atoms with Crippen LogP contribution in [-0.4, -0.2) is 49.0 Å². The Kier molecular flexibility index (Phi) is 49.2. The summed E-state index contributed by atoms with van der Waals surface area (Å²) >= 11 is 0. The van der Waals surface area contributed by atoms with Crippen LogP contribution in [-0.2, 0) is 33.3 Å². The van der Waals surface area contributed by atoms with Crippen molar-refractivity contribution in [2.24, 2.45) is 5.92 Å². The third-order valence-electron chi connectivity index (χ3n) is 12.3. The molecule has 0 aliphatic heterocycles. The molecule has 2 atom stereocenters. The van der Waals surface area contributed by atoms with Crippen molar-refractivity contribution in [2.75, 3.05) is 13.2 Å². The number of allylic oxidation sites excluding steroid dienone is 12. The molecule has 2 unspecified atom stereocenters. The van der Waals surface area contributed by atoms with Crippen LogP contribution in [0.4, 0.5) is 4.79 Å². The molecule has 0 aromatic carbocycles. The average Bonchev–Trinajstić information content (AvgIpc) is 3.34. The molecular weight excluding hydrogens is 899 g/mol. The highest BCUT2D eigenvalue weighted by molar-refractivity contribution is 5.72. The Balaban J connectivity index is 5.23. The Morgan fingerprint density at radius 1 is 0.389 bits per heavy atom. The van der Waals surface area contributed by atoms with Gasteiger partial charge in [-0.1, -0.05) is 190 Å². The van der Waals surface area contributed by atoms with Crippen molar-refractivity contribution in [3.8, 4) is 0 Å². The van der Waals surface area contributed by atoms with Crippen molar-refractivity contribution < 1.29 is 38.1 Å². The Morgan fingerprint density at radius 3 is 1.00 bits per heavy atom. The van der Waals surface area contributed by atoms with Crippen LogP contribution in [0.3, 0.4) is 0 Å². The van der Waals surface area contributed by atoms with Gasteiger partial charge in [0, 0.05) is 19.3 Å². The van der Waals surface area contributed by atoms with Crippen molar-refractivity contribution in [3.05, 3.63) is 72.9 Å². The van der Waals surface area contributed by atoms with Crippen LogP contribution >= 0.6 is 0 Å². The first-order valence-electron chi connectivity index (χ1n) is 29.4. The minimum Gasteiger partial charge on any atom is -0.465 e. The van der Waals surface area contributed by atoms with E-state index in [1.54, 1.807) is 20.8 Å². The van der Waals surface area contributed by atoms with E-state index in [0.29, 0.717) is 19.3 Å². The molecule has 414 valence electrons. The molecule has 0 aliphatic carbocycles. The van der Waals surface area contributed by atoms with Gasteiger partial charge in [0.05, 0.1) is 5.92 Å². The summed E-state index contributed by atoms with van der Waals surface area (Å²) in [6.07, 6.45) is 61.3. The lowest BCUT2D eigenvalue weighted by atomic mass is 10.1. The average molecular weight is 1010 g/mol. The smallest absolute Gasteiger partial charge is 0.410 e. The minimum atomic E-state index is -1.24. The number of alkyl carbamates (subject to hydrolysis) is 1. The number of hydrogen-bond acceptors (Lipinski definition) is 8. The zero-order chi connectivity index (χ0) is 52.9. The number of carbonyl (C=O) groups is 4. The Morgan fingerprint density at radius 2 is 0.681 bits per heavy atom. The number of esters is 3. The maximum Gasteiger partial charge on any atom is 0.410 e. The molecule has 1 N–H and O–H groups in total. The normalized spacial score (nSPS) is 13.1. The Hall–Kier alpha value is -3.88. The molecule has 9 heteroatoms. The van der Waals surface area contributed by atoms with E-state index in [4.69, 9.17) is 18.9 Å². The molecule has 0 aromatic rings. The van der Waals surface area contributed by atoms with Gasteiger partial charge in [0.1, 0.15) is 18.8 Å². The van der Waals surface area contributed by atoms with Gasteiger partial charge in [-0.3, -0.25) is 19.7 Å². The number of hydrogen-bond donors (Lipinski definition) is 1. The molecule has 0 radical (unpaired) electrons. The highest BCUT2D eigenvalue weighted by Crippen LogP contribution is 2.17. The molecule has 0 rings (SSSR count). The molecule has 1 amide bonds. The first-order valence-corrected chi connectivity index (χ1v) is 29.4. The van der Waals surface area contributed by atoms with Gasteiger partial charge >= 0.3 is 24.0 Å². The molecular formula is C63H109NO8. The lowest BCUT2D eigenvalue weighted by Gasteiger charge is -2.28. The van der Waals surface area contributed by atoms with E-state index >= 15 is 0 Å². The molecule has 0 saturated heterocycles. The predicted molar refractivity (Wildman–Crippen MR) is 303 cm³/mol. The van der Waals surface area contributed by atoms with Gasteiger partial charge in [0.15, 0.2) is 6.23 Å². The highest BCUT2D eigenvalue weighted by atomic mass is 16.6. The van der Waals surface area contributed by atoms with E-state index in [-0.39, 0.29) is 44.4 Å². The molecule has 0 spiro atoms. The van der Waals surface area contributed by atoms with Gasteiger partial charge in [0.2, 0.25) is 0 Å². The zero-order valence-corrected chi connectivity index (χ0v) is 47.2. The fourth-order valence-electron chi connectivity index (χ4n) is 7.88. The summed E-state index contributed by atoms with van der Waals surface area (Å²) in [6.45, 7) is 11.5. The predicted octanol–water partition coefficient (Wildman–Crippen LogP) is 18.5. The van der Waals surface area contributed by atoms with Crippen LogP contribution in [0.25, 0.3) is 0 Å². The molecule has 0 saturated carbocycles. The quantitative estimate of drug-likeness (QED) is 0.0211. The lowest BCUT2D eigenvalue weighted by molar-refractivity contribution is -0.162. The standard InChI is InChI=1S/C63H109NO8/c1-7-10-13-16-19-22-25-28-31-34-37-40-43-46-49-52-58(65)69-55-57(56-70-59(66)53-50-47-44-41-38-35-32-29-26-23-20-17-14-11-8-2)61(64-62(68)72-63(4,5)6)71-60(67)54-51-48-45-42-39-36-33-30-27-24-21-18-15-12-9-3/h19-24,28-33,57,61H,7-18,25-27,34-56H2,1-6H3,(H,64,68)/b22-19-,23-20?,24-21?,31-28-,32-29?,33-30?. The summed E-state index contributed by atoms with van der Waals surface area (Å²) in [5.74, 6) is -2.09. The minimum absolute atomic E-state index is 0.170. The van der Waals surface area contributed by atoms with Gasteiger partial charge in [-0.15, -0.1) is 0 Å². The van der Waals surface area contributed by atoms with E-state index < -0.39 is 29.8 Å². The Labute approximate surface area is 442 Å². The molecule has 0 fully saturated rings. The second-order valence-corrected chi connectivity index (χ2v) is 20.6. The van der Waals surface area contributed by atoms with E-state index in [1.165, 1.54) is 70.6 Å².